The second-order valence-corrected chi connectivity index (χ2v) is 11.6. The van der Waals surface area contributed by atoms with Crippen molar-refractivity contribution in [2.45, 2.75) is 90.1 Å². The third-order valence-electron chi connectivity index (χ3n) is 8.47. The number of nitriles is 1. The van der Waals surface area contributed by atoms with Gasteiger partial charge in [0, 0.05) is 6.54 Å². The monoisotopic (exact) mass is 574 g/mol. The topological polar surface area (TPSA) is 35.8 Å². The lowest BCUT2D eigenvalue weighted by Crippen LogP contribution is -2.35. The first-order chi connectivity index (χ1) is 20.2. The van der Waals surface area contributed by atoms with E-state index in [9.17, 15) is 18.4 Å². The van der Waals surface area contributed by atoms with Gasteiger partial charge in [0.2, 0.25) is 0 Å². The molecule has 5 heteroatoms. The number of hydrogen-bond acceptors (Lipinski definition) is 2. The predicted octanol–water partition coefficient (Wildman–Crippen LogP) is 10.4. The molecule has 2 nitrogen and oxygen atoms in total. The van der Waals surface area contributed by atoms with E-state index in [1.165, 1.54) is 17.7 Å². The van der Waals surface area contributed by atoms with Crippen molar-refractivity contribution in [1.82, 2.24) is 5.32 Å². The Balaban J connectivity index is 1.94. The van der Waals surface area contributed by atoms with Gasteiger partial charge in [-0.1, -0.05) is 101 Å². The number of nitrogens with one attached hydrogen (secondary N) is 1. The molecule has 3 aromatic rings. The fraction of sp³-hybridized carbons (Fsp3) is 0.432. The van der Waals surface area contributed by atoms with Crippen LogP contribution in [0.5, 0.6) is 0 Å². The standard InChI is InChI=1S/C37H45F3N2/c1-5-13-33(14-6-2)36(4,34-21-20-32(27-41)35(25-34)37(38,39)40)26-29-17-12-19-31(24-29)30-18-11-16-28(23-30)15-9-8-10-22-42-7-3/h7,11-12,16-21,23-25,33,42H,3,5-6,8-10,13-15,22,26H2,1-2,4H3. The Morgan fingerprint density at radius 1 is 0.881 bits per heavy atom. The van der Waals surface area contributed by atoms with Gasteiger partial charge in [0.25, 0.3) is 0 Å². The molecule has 1 N–H and O–H groups in total. The van der Waals surface area contributed by atoms with Crippen LogP contribution < -0.4 is 5.32 Å². The van der Waals surface area contributed by atoms with E-state index in [0.717, 1.165) is 74.6 Å². The molecule has 1 unspecified atom stereocenters. The fourth-order valence-electron chi connectivity index (χ4n) is 6.22. The van der Waals surface area contributed by atoms with Crippen LogP contribution in [0.3, 0.4) is 0 Å². The summed E-state index contributed by atoms with van der Waals surface area (Å²) in [5.41, 5.74) is 3.63. The molecule has 0 fully saturated rings. The molecule has 0 bridgehead atoms. The quantitative estimate of drug-likeness (QED) is 0.173. The highest BCUT2D eigenvalue weighted by Gasteiger charge is 2.39. The predicted molar refractivity (Wildman–Crippen MR) is 168 cm³/mol. The molecule has 0 amide bonds. The number of unbranched alkanes of at least 4 members (excludes halogenated alkanes) is 2. The van der Waals surface area contributed by atoms with Crippen LogP contribution in [-0.4, -0.2) is 6.54 Å². The van der Waals surface area contributed by atoms with E-state index >= 15 is 0 Å². The van der Waals surface area contributed by atoms with Gasteiger partial charge in [-0.2, -0.15) is 18.4 Å². The van der Waals surface area contributed by atoms with Crippen molar-refractivity contribution in [2.24, 2.45) is 5.92 Å². The van der Waals surface area contributed by atoms with E-state index in [1.807, 2.05) is 0 Å². The molecule has 3 aromatic carbocycles. The van der Waals surface area contributed by atoms with E-state index in [4.69, 9.17) is 0 Å². The Labute approximate surface area is 250 Å². The van der Waals surface area contributed by atoms with Gasteiger partial charge in [-0.3, -0.25) is 0 Å². The second-order valence-electron chi connectivity index (χ2n) is 11.6. The van der Waals surface area contributed by atoms with E-state index < -0.39 is 17.2 Å². The van der Waals surface area contributed by atoms with E-state index in [-0.39, 0.29) is 11.5 Å². The third kappa shape index (κ3) is 8.74. The number of rotatable bonds is 16. The van der Waals surface area contributed by atoms with Crippen LogP contribution >= 0.6 is 0 Å². The zero-order chi connectivity index (χ0) is 30.6. The summed E-state index contributed by atoms with van der Waals surface area (Å²) in [4.78, 5) is 0. The molecule has 224 valence electrons. The molecule has 0 saturated carbocycles. The zero-order valence-corrected chi connectivity index (χ0v) is 25.4. The van der Waals surface area contributed by atoms with Crippen molar-refractivity contribution in [3.63, 3.8) is 0 Å². The normalized spacial score (nSPS) is 13.0. The number of hydrogen-bond donors (Lipinski definition) is 1. The van der Waals surface area contributed by atoms with E-state index in [1.54, 1.807) is 18.3 Å². The van der Waals surface area contributed by atoms with Crippen LogP contribution in [0, 0.1) is 17.2 Å². The maximum absolute atomic E-state index is 14.0. The summed E-state index contributed by atoms with van der Waals surface area (Å²) >= 11 is 0. The Morgan fingerprint density at radius 2 is 1.52 bits per heavy atom. The summed E-state index contributed by atoms with van der Waals surface area (Å²) in [6.07, 6.45) is 5.96. The Morgan fingerprint density at radius 3 is 2.12 bits per heavy atom. The summed E-state index contributed by atoms with van der Waals surface area (Å²) in [7, 11) is 0. The van der Waals surface area contributed by atoms with Crippen LogP contribution in [0.25, 0.3) is 11.1 Å². The van der Waals surface area contributed by atoms with Gasteiger partial charge in [-0.25, -0.2) is 0 Å². The molecule has 0 aliphatic heterocycles. The molecule has 3 rings (SSSR count). The van der Waals surface area contributed by atoms with Gasteiger partial charge in [0.05, 0.1) is 17.2 Å². The SMILES string of the molecule is C=CNCCCCCc1cccc(-c2cccc(CC(C)(c3ccc(C#N)c(C(F)(F)F)c3)C(CCC)CCC)c2)c1. The summed E-state index contributed by atoms with van der Waals surface area (Å²) in [6, 6.07) is 23.2. The highest BCUT2D eigenvalue weighted by atomic mass is 19.4. The van der Waals surface area contributed by atoms with Gasteiger partial charge >= 0.3 is 6.18 Å². The number of halogens is 3. The minimum absolute atomic E-state index is 0.204. The van der Waals surface area contributed by atoms with Crippen molar-refractivity contribution in [3.05, 3.63) is 107 Å². The van der Waals surface area contributed by atoms with Gasteiger partial charge in [-0.05, 0) is 96.0 Å². The lowest BCUT2D eigenvalue weighted by Gasteiger charge is -2.39. The first kappa shape index (κ1) is 33.0. The van der Waals surface area contributed by atoms with Gasteiger partial charge in [0.1, 0.15) is 0 Å². The van der Waals surface area contributed by atoms with Gasteiger partial charge in [0.15, 0.2) is 0 Å². The van der Waals surface area contributed by atoms with Gasteiger partial charge < -0.3 is 5.32 Å². The van der Waals surface area contributed by atoms with Crippen LogP contribution in [-0.2, 0) is 24.4 Å². The molecular weight excluding hydrogens is 529 g/mol. The second kappa shape index (κ2) is 15.6. The minimum Gasteiger partial charge on any atom is -0.391 e. The van der Waals surface area contributed by atoms with Crippen LogP contribution in [0.15, 0.2) is 79.5 Å². The Hall–Kier alpha value is -3.52. The fourth-order valence-corrected chi connectivity index (χ4v) is 6.22. The minimum atomic E-state index is -4.58. The number of benzene rings is 3. The first-order valence-corrected chi connectivity index (χ1v) is 15.3. The molecule has 42 heavy (non-hydrogen) atoms. The third-order valence-corrected chi connectivity index (χ3v) is 8.47. The molecule has 0 heterocycles. The Kier molecular flexibility index (Phi) is 12.3. The number of alkyl halides is 3. The smallest absolute Gasteiger partial charge is 0.391 e. The van der Waals surface area contributed by atoms with Gasteiger partial charge in [-0.15, -0.1) is 0 Å². The maximum atomic E-state index is 14.0. The molecule has 0 saturated heterocycles. The largest absolute Gasteiger partial charge is 0.417 e. The summed E-state index contributed by atoms with van der Waals surface area (Å²) in [5, 5.41) is 12.5. The first-order valence-electron chi connectivity index (χ1n) is 15.3. The lowest BCUT2D eigenvalue weighted by molar-refractivity contribution is -0.137. The molecular formula is C37H45F3N2. The summed E-state index contributed by atoms with van der Waals surface area (Å²) in [5.74, 6) is 0.204. The highest BCUT2D eigenvalue weighted by molar-refractivity contribution is 5.65. The van der Waals surface area contributed by atoms with Crippen molar-refractivity contribution >= 4 is 0 Å². The average molecular weight is 575 g/mol. The molecule has 0 spiro atoms. The zero-order valence-electron chi connectivity index (χ0n) is 25.4. The van der Waals surface area contributed by atoms with Crippen LogP contribution in [0.4, 0.5) is 13.2 Å². The van der Waals surface area contributed by atoms with E-state index in [0.29, 0.717) is 12.0 Å². The van der Waals surface area contributed by atoms with Crippen molar-refractivity contribution < 1.29 is 13.2 Å². The average Bonchev–Trinajstić information content (AvgIpc) is 2.98. The Bertz CT molecular complexity index is 1330. The van der Waals surface area contributed by atoms with Crippen molar-refractivity contribution in [1.29, 1.82) is 5.26 Å². The summed E-state index contributed by atoms with van der Waals surface area (Å²) < 4.78 is 42.0. The summed E-state index contributed by atoms with van der Waals surface area (Å²) in [6.45, 7) is 11.0. The van der Waals surface area contributed by atoms with Crippen LogP contribution in [0.2, 0.25) is 0 Å². The van der Waals surface area contributed by atoms with E-state index in [2.05, 4.69) is 81.2 Å². The lowest BCUT2D eigenvalue weighted by atomic mass is 9.65. The molecule has 1 atom stereocenters. The van der Waals surface area contributed by atoms with Crippen molar-refractivity contribution in [2.75, 3.05) is 6.54 Å². The molecule has 0 aliphatic rings. The highest BCUT2D eigenvalue weighted by Crippen LogP contribution is 2.43. The maximum Gasteiger partial charge on any atom is 0.417 e. The number of aryl methyl sites for hydroxylation is 1. The van der Waals surface area contributed by atoms with Crippen LogP contribution in [0.1, 0.15) is 93.5 Å². The van der Waals surface area contributed by atoms with Crippen molar-refractivity contribution in [3.8, 4) is 17.2 Å². The molecule has 0 radical (unpaired) electrons. The molecule has 0 aromatic heterocycles. The number of nitrogens with zero attached hydrogens (tertiary/aromatic N) is 1. The molecule has 0 aliphatic carbocycles.